The van der Waals surface area contributed by atoms with Crippen molar-refractivity contribution >= 4 is 0 Å². The largest absolute Gasteiger partial charge is 0.338 e. The van der Waals surface area contributed by atoms with Crippen molar-refractivity contribution in [2.75, 3.05) is 0 Å². The highest BCUT2D eigenvalue weighted by Crippen LogP contribution is 2.04. The first-order chi connectivity index (χ1) is 6.58. The molecule has 0 radical (unpaired) electrons. The van der Waals surface area contributed by atoms with Crippen LogP contribution in [0.25, 0.3) is 0 Å². The van der Waals surface area contributed by atoms with Crippen LogP contribution in [0.4, 0.5) is 0 Å². The van der Waals surface area contributed by atoms with Crippen LogP contribution in [0.2, 0.25) is 0 Å². The molecule has 0 aliphatic heterocycles. The lowest BCUT2D eigenvalue weighted by atomic mass is 10.1. The average molecular weight is 197 g/mol. The zero-order valence-corrected chi connectivity index (χ0v) is 9.37. The van der Waals surface area contributed by atoms with Crippen molar-refractivity contribution in [3.63, 3.8) is 0 Å². The van der Waals surface area contributed by atoms with Gasteiger partial charge in [-0.1, -0.05) is 32.9 Å². The zero-order valence-electron chi connectivity index (χ0n) is 9.37. The number of hydrogen-bond donors (Lipinski definition) is 1. The summed E-state index contributed by atoms with van der Waals surface area (Å²) in [6.07, 6.45) is 0.880. The van der Waals surface area contributed by atoms with E-state index in [1.165, 1.54) is 0 Å². The molecule has 0 atom stereocenters. The Labute approximate surface area is 85.1 Å². The van der Waals surface area contributed by atoms with Gasteiger partial charge in [-0.05, 0) is 5.92 Å². The van der Waals surface area contributed by atoms with E-state index >= 15 is 0 Å². The summed E-state index contributed by atoms with van der Waals surface area (Å²) < 4.78 is 5.09. The summed E-state index contributed by atoms with van der Waals surface area (Å²) in [5.41, 5.74) is 0. The van der Waals surface area contributed by atoms with Crippen LogP contribution in [0, 0.1) is 5.92 Å². The van der Waals surface area contributed by atoms with Crippen LogP contribution in [-0.4, -0.2) is 16.2 Å². The molecule has 0 aromatic carbocycles. The molecule has 0 saturated carbocycles. The molecule has 1 N–H and O–H groups in total. The second kappa shape index (κ2) is 5.10. The normalized spacial score (nSPS) is 11.6. The van der Waals surface area contributed by atoms with E-state index in [0.717, 1.165) is 12.2 Å². The van der Waals surface area contributed by atoms with Crippen LogP contribution in [0.15, 0.2) is 4.52 Å². The molecule has 1 aromatic rings. The summed E-state index contributed by atoms with van der Waals surface area (Å²) in [5, 5.41) is 7.14. The van der Waals surface area contributed by atoms with Gasteiger partial charge in [-0.3, -0.25) is 0 Å². The third-order valence-corrected chi connectivity index (χ3v) is 1.76. The summed E-state index contributed by atoms with van der Waals surface area (Å²) in [6.45, 7) is 9.12. The van der Waals surface area contributed by atoms with Gasteiger partial charge in [-0.15, -0.1) is 0 Å². The Morgan fingerprint density at radius 1 is 1.29 bits per heavy atom. The lowest BCUT2D eigenvalue weighted by molar-refractivity contribution is 0.356. The fraction of sp³-hybridized carbons (Fsp3) is 0.800. The van der Waals surface area contributed by atoms with Crippen LogP contribution >= 0.6 is 0 Å². The number of aromatic nitrogens is 2. The summed E-state index contributed by atoms with van der Waals surface area (Å²) in [6, 6.07) is 0.440. The van der Waals surface area contributed by atoms with Crippen LogP contribution in [0.1, 0.15) is 39.4 Å². The van der Waals surface area contributed by atoms with Crippen LogP contribution in [0.5, 0.6) is 0 Å². The average Bonchev–Trinajstić information content (AvgIpc) is 2.47. The molecule has 4 heteroatoms. The molecule has 0 amide bonds. The molecular formula is C10H19N3O. The molecule has 0 bridgehead atoms. The Kier molecular flexibility index (Phi) is 4.07. The number of nitrogens with one attached hydrogen (secondary N) is 1. The van der Waals surface area contributed by atoms with E-state index in [-0.39, 0.29) is 0 Å². The molecule has 0 saturated heterocycles. The smallest absolute Gasteiger partial charge is 0.240 e. The lowest BCUT2D eigenvalue weighted by Gasteiger charge is -2.03. The van der Waals surface area contributed by atoms with Crippen molar-refractivity contribution in [2.24, 2.45) is 5.92 Å². The highest BCUT2D eigenvalue weighted by molar-refractivity contribution is 4.87. The second-order valence-electron chi connectivity index (χ2n) is 4.24. The molecule has 0 aliphatic carbocycles. The molecule has 1 heterocycles. The summed E-state index contributed by atoms with van der Waals surface area (Å²) in [7, 11) is 0. The maximum atomic E-state index is 5.09. The second-order valence-corrected chi connectivity index (χ2v) is 4.24. The standard InChI is InChI=1S/C10H19N3O/c1-7(2)5-9-12-10(14-13-9)6-11-8(3)4/h7-8,11H,5-6H2,1-4H3. The van der Waals surface area contributed by atoms with Crippen molar-refractivity contribution in [1.82, 2.24) is 15.5 Å². The van der Waals surface area contributed by atoms with Gasteiger partial charge in [0.05, 0.1) is 6.54 Å². The van der Waals surface area contributed by atoms with E-state index in [1.807, 2.05) is 0 Å². The molecular weight excluding hydrogens is 178 g/mol. The first kappa shape index (κ1) is 11.2. The predicted molar refractivity (Wildman–Crippen MR) is 54.8 cm³/mol. The van der Waals surface area contributed by atoms with E-state index in [2.05, 4.69) is 43.2 Å². The van der Waals surface area contributed by atoms with Crippen LogP contribution in [-0.2, 0) is 13.0 Å². The summed E-state index contributed by atoms with van der Waals surface area (Å²) >= 11 is 0. The first-order valence-corrected chi connectivity index (χ1v) is 5.12. The van der Waals surface area contributed by atoms with Gasteiger partial charge in [-0.25, -0.2) is 0 Å². The number of nitrogens with zero attached hydrogens (tertiary/aromatic N) is 2. The summed E-state index contributed by atoms with van der Waals surface area (Å²) in [5.74, 6) is 2.05. The monoisotopic (exact) mass is 197 g/mol. The Morgan fingerprint density at radius 3 is 2.57 bits per heavy atom. The Balaban J connectivity index is 2.42. The highest BCUT2D eigenvalue weighted by atomic mass is 16.5. The fourth-order valence-electron chi connectivity index (χ4n) is 1.10. The van der Waals surface area contributed by atoms with Crippen molar-refractivity contribution in [1.29, 1.82) is 0 Å². The van der Waals surface area contributed by atoms with Gasteiger partial charge in [0.25, 0.3) is 0 Å². The van der Waals surface area contributed by atoms with Gasteiger partial charge in [0, 0.05) is 12.5 Å². The Morgan fingerprint density at radius 2 is 2.00 bits per heavy atom. The van der Waals surface area contributed by atoms with Crippen molar-refractivity contribution in [3.8, 4) is 0 Å². The van der Waals surface area contributed by atoms with Crippen LogP contribution < -0.4 is 5.32 Å². The van der Waals surface area contributed by atoms with Gasteiger partial charge in [0.15, 0.2) is 5.82 Å². The molecule has 80 valence electrons. The third-order valence-electron chi connectivity index (χ3n) is 1.76. The number of hydrogen-bond acceptors (Lipinski definition) is 4. The van der Waals surface area contributed by atoms with Gasteiger partial charge in [-0.2, -0.15) is 4.98 Å². The molecule has 0 aliphatic rings. The molecule has 0 spiro atoms. The van der Waals surface area contributed by atoms with E-state index in [4.69, 9.17) is 4.52 Å². The lowest BCUT2D eigenvalue weighted by Crippen LogP contribution is -2.21. The van der Waals surface area contributed by atoms with E-state index < -0.39 is 0 Å². The van der Waals surface area contributed by atoms with E-state index in [0.29, 0.717) is 24.4 Å². The van der Waals surface area contributed by atoms with Gasteiger partial charge < -0.3 is 9.84 Å². The molecule has 1 rings (SSSR count). The van der Waals surface area contributed by atoms with Crippen molar-refractivity contribution in [2.45, 2.75) is 46.7 Å². The number of rotatable bonds is 5. The predicted octanol–water partition coefficient (Wildman–Crippen LogP) is 1.77. The van der Waals surface area contributed by atoms with Crippen LogP contribution in [0.3, 0.4) is 0 Å². The zero-order chi connectivity index (χ0) is 10.6. The Hall–Kier alpha value is -0.900. The highest BCUT2D eigenvalue weighted by Gasteiger charge is 2.07. The van der Waals surface area contributed by atoms with Gasteiger partial charge >= 0.3 is 0 Å². The third kappa shape index (κ3) is 3.87. The fourth-order valence-corrected chi connectivity index (χ4v) is 1.10. The SMILES string of the molecule is CC(C)Cc1noc(CNC(C)C)n1. The van der Waals surface area contributed by atoms with Crippen molar-refractivity contribution < 1.29 is 4.52 Å². The first-order valence-electron chi connectivity index (χ1n) is 5.12. The topological polar surface area (TPSA) is 51.0 Å². The van der Waals surface area contributed by atoms with Gasteiger partial charge in [0.1, 0.15) is 0 Å². The molecule has 4 nitrogen and oxygen atoms in total. The Bertz CT molecular complexity index is 268. The maximum absolute atomic E-state index is 5.09. The van der Waals surface area contributed by atoms with E-state index in [9.17, 15) is 0 Å². The molecule has 14 heavy (non-hydrogen) atoms. The van der Waals surface area contributed by atoms with Crippen molar-refractivity contribution in [3.05, 3.63) is 11.7 Å². The summed E-state index contributed by atoms with van der Waals surface area (Å²) in [4.78, 5) is 4.28. The minimum absolute atomic E-state index is 0.440. The van der Waals surface area contributed by atoms with Gasteiger partial charge in [0.2, 0.25) is 5.89 Å². The van der Waals surface area contributed by atoms with E-state index in [1.54, 1.807) is 0 Å². The molecule has 1 aromatic heterocycles. The minimum atomic E-state index is 0.440. The molecule has 0 fully saturated rings. The minimum Gasteiger partial charge on any atom is -0.338 e. The maximum Gasteiger partial charge on any atom is 0.240 e. The molecule has 0 unspecified atom stereocenters. The quantitative estimate of drug-likeness (QED) is 0.781.